The molecule has 1 aliphatic rings. The first kappa shape index (κ1) is 51.1. The van der Waals surface area contributed by atoms with Gasteiger partial charge in [0.2, 0.25) is 0 Å². The molecule has 0 unspecified atom stereocenters. The van der Waals surface area contributed by atoms with E-state index in [0.717, 1.165) is 84.5 Å². The summed E-state index contributed by atoms with van der Waals surface area (Å²) < 4.78 is 10.7. The van der Waals surface area contributed by atoms with Crippen LogP contribution in [-0.4, -0.2) is 13.1 Å². The molecule has 1 fully saturated rings. The van der Waals surface area contributed by atoms with E-state index in [1.54, 1.807) is 0 Å². The van der Waals surface area contributed by atoms with Crippen molar-refractivity contribution >= 4 is 35.2 Å². The molecule has 4 nitrogen and oxygen atoms in total. The summed E-state index contributed by atoms with van der Waals surface area (Å²) in [6.45, 7) is 27.2. The molecular weight excluding hydrogens is 1060 g/mol. The summed E-state index contributed by atoms with van der Waals surface area (Å²) >= 11 is 0. The summed E-state index contributed by atoms with van der Waals surface area (Å²) in [5.41, 5.74) is 20.2. The molecule has 6 heteroatoms. The van der Waals surface area contributed by atoms with E-state index in [1.807, 2.05) is 23.0 Å². The third kappa shape index (κ3) is 11.1. The molecule has 365 valence electrons. The molecule has 0 N–H and O–H groups in total. The van der Waals surface area contributed by atoms with Gasteiger partial charge in [-0.3, -0.25) is 4.98 Å². The van der Waals surface area contributed by atoms with Crippen molar-refractivity contribution in [1.29, 1.82) is 0 Å². The van der Waals surface area contributed by atoms with E-state index in [4.69, 9.17) is 4.42 Å². The van der Waals surface area contributed by atoms with Crippen molar-refractivity contribution in [3.63, 3.8) is 0 Å². The first-order valence-corrected chi connectivity index (χ1v) is 28.6. The molecule has 0 bridgehead atoms. The molecule has 0 amide bonds. The van der Waals surface area contributed by atoms with Gasteiger partial charge in [0.1, 0.15) is 5.58 Å². The predicted molar refractivity (Wildman–Crippen MR) is 297 cm³/mol. The summed E-state index contributed by atoms with van der Waals surface area (Å²) in [5.74, 6) is 0.607. The molecule has 0 atom stereocenters. The van der Waals surface area contributed by atoms with Crippen molar-refractivity contribution in [3.8, 4) is 55.9 Å². The fourth-order valence-corrected chi connectivity index (χ4v) is 12.3. The maximum atomic E-state index is 6.73. The number of hydrogen-bond donors (Lipinski definition) is 0. The number of pyridine rings is 3. The van der Waals surface area contributed by atoms with Crippen molar-refractivity contribution in [2.24, 2.45) is 5.41 Å². The Morgan fingerprint density at radius 1 is 0.634 bits per heavy atom. The van der Waals surface area contributed by atoms with Crippen molar-refractivity contribution in [3.05, 3.63) is 207 Å². The van der Waals surface area contributed by atoms with E-state index < -0.39 is 8.07 Å². The van der Waals surface area contributed by atoms with E-state index in [-0.39, 0.29) is 25.5 Å². The van der Waals surface area contributed by atoms with Gasteiger partial charge in [0, 0.05) is 56.4 Å². The Morgan fingerprint density at radius 3 is 1.90 bits per heavy atom. The van der Waals surface area contributed by atoms with Crippen LogP contribution in [0.15, 0.2) is 150 Å². The Kier molecular flexibility index (Phi) is 15.0. The fourth-order valence-electron chi connectivity index (χ4n) is 10.7. The Hall–Kier alpha value is -6.30. The molecule has 1 aliphatic carbocycles. The molecule has 4 heterocycles. The maximum Gasteiger partial charge on any atom is 0.133 e. The monoisotopic (exact) mass is 1130 g/mol. The van der Waals surface area contributed by atoms with Crippen LogP contribution in [0.5, 0.6) is 0 Å². The quantitative estimate of drug-likeness (QED) is 0.0863. The van der Waals surface area contributed by atoms with Gasteiger partial charge >= 0.3 is 0 Å². The van der Waals surface area contributed by atoms with E-state index >= 15 is 0 Å². The topological polar surface area (TPSA) is 33.8 Å². The van der Waals surface area contributed by atoms with Gasteiger partial charge in [0.25, 0.3) is 0 Å². The van der Waals surface area contributed by atoms with Gasteiger partial charge in [-0.1, -0.05) is 178 Å². The number of benzene rings is 5. The molecule has 1 radical (unpaired) electrons. The molecule has 9 aromatic rings. The zero-order chi connectivity index (χ0) is 49.5. The number of hydrogen-bond acceptors (Lipinski definition) is 2. The fraction of sp³-hybridized carbons (Fsp3) is 0.246. The Labute approximate surface area is 438 Å². The van der Waals surface area contributed by atoms with Crippen LogP contribution in [0.2, 0.25) is 19.6 Å². The average molecular weight is 1130 g/mol. The van der Waals surface area contributed by atoms with Gasteiger partial charge in [-0.25, -0.2) is 0 Å². The van der Waals surface area contributed by atoms with Crippen molar-refractivity contribution in [2.45, 2.75) is 98.7 Å². The largest absolute Gasteiger partial charge is 0.469 e. The Morgan fingerprint density at radius 2 is 1.27 bits per heavy atom. The van der Waals surface area contributed by atoms with Gasteiger partial charge in [-0.05, 0) is 96.1 Å². The second-order valence-corrected chi connectivity index (χ2v) is 27.0. The second kappa shape index (κ2) is 20.8. The van der Waals surface area contributed by atoms with E-state index in [1.165, 1.54) is 70.7 Å². The standard InChI is InChI=1S/C37H32NO.C28H37N2Si.Ir/c1-25-22-31(28-16-10-5-11-17-28)36-32-23-29(26-12-6-3-7-13-26)18-19-34(32)39-37(36)35(25)33-24-30(20-21-38(33)2)27-14-8-4-9-15-27;1-19-13-22(23-14-20(2)29-21(3)15-23)11-12-25(19)26-16-24(17-28(4,5)6)27(18-30(26)7)31(8,9)10;/h3,5-7,10-13,16-24,27H,1-2,4,8-9,14-15H2;11-16,18H,1,7,17H2,2-6,8-10H3;/q2*-1;. The van der Waals surface area contributed by atoms with Gasteiger partial charge in [0.15, 0.2) is 0 Å². The van der Waals surface area contributed by atoms with Crippen LogP contribution in [0, 0.1) is 47.2 Å². The summed E-state index contributed by atoms with van der Waals surface area (Å²) in [6, 6.07) is 47.6. The molecule has 10 rings (SSSR count). The summed E-state index contributed by atoms with van der Waals surface area (Å²) in [7, 11) is 7.23. The molecule has 4 aromatic heterocycles. The number of furan rings is 1. The van der Waals surface area contributed by atoms with Gasteiger partial charge in [-0.15, -0.1) is 11.6 Å². The molecule has 71 heavy (non-hydrogen) atoms. The van der Waals surface area contributed by atoms with E-state index in [2.05, 4.69) is 219 Å². The number of aromatic nitrogens is 3. The van der Waals surface area contributed by atoms with Crippen LogP contribution < -0.4 is 14.3 Å². The summed E-state index contributed by atoms with van der Waals surface area (Å²) in [4.78, 5) is 4.50. The molecule has 0 aliphatic heterocycles. The molecule has 5 aromatic carbocycles. The Bertz CT molecular complexity index is 3330. The third-order valence-electron chi connectivity index (χ3n) is 14.0. The van der Waals surface area contributed by atoms with Crippen molar-refractivity contribution in [2.75, 3.05) is 0 Å². The van der Waals surface area contributed by atoms with Gasteiger partial charge in [-0.2, -0.15) is 37.1 Å². The van der Waals surface area contributed by atoms with Crippen LogP contribution in [0.1, 0.15) is 92.4 Å². The molecule has 0 saturated heterocycles. The van der Waals surface area contributed by atoms with Gasteiger partial charge < -0.3 is 13.6 Å². The van der Waals surface area contributed by atoms with Crippen LogP contribution in [0.25, 0.3) is 77.8 Å². The SMILES string of the molecule is [CH2-]c1cc(-c2cc(C)nc(C)c2)ccc1-c1cc(CC(C)(C)C)c([Si](C)(C)C)c[n+]1[CH2-].[CH2-]c1cc(-c2ccccc2)c2c(oc3ccc(-c4ccccc4)cc32)c1-c1cc(C2CCCCC2)cc[n+]1[CH2-].[Ir]. The first-order chi connectivity index (χ1) is 33.4. The minimum absolute atomic E-state index is 0. The van der Waals surface area contributed by atoms with E-state index in [0.29, 0.717) is 5.92 Å². The third-order valence-corrected chi connectivity index (χ3v) is 16.1. The average Bonchev–Trinajstić information content (AvgIpc) is 3.71. The second-order valence-electron chi connectivity index (χ2n) is 21.9. The zero-order valence-corrected chi connectivity index (χ0v) is 46.5. The minimum Gasteiger partial charge on any atom is -0.469 e. The normalized spacial score (nSPS) is 13.2. The maximum absolute atomic E-state index is 6.73. The van der Waals surface area contributed by atoms with Crippen LogP contribution >= 0.6 is 0 Å². The number of aryl methyl sites for hydroxylation is 2. The predicted octanol–water partition coefficient (Wildman–Crippen LogP) is 16.0. The minimum atomic E-state index is -1.49. The first-order valence-electron chi connectivity index (χ1n) is 25.1. The van der Waals surface area contributed by atoms with Crippen molar-refractivity contribution < 1.29 is 33.7 Å². The number of nitrogens with zero attached hydrogens (tertiary/aromatic N) is 3. The van der Waals surface area contributed by atoms with Gasteiger partial charge in [0.05, 0.1) is 37.4 Å². The van der Waals surface area contributed by atoms with E-state index in [9.17, 15) is 0 Å². The summed E-state index contributed by atoms with van der Waals surface area (Å²) in [5, 5.41) is 3.73. The van der Waals surface area contributed by atoms with Crippen LogP contribution in [0.3, 0.4) is 0 Å². The number of fused-ring (bicyclic) bond motifs is 3. The molecule has 1 saturated carbocycles. The molecular formula is C65H69IrN3OSi-2. The smallest absolute Gasteiger partial charge is 0.133 e. The Balaban J connectivity index is 0.000000193. The van der Waals surface area contributed by atoms with Crippen LogP contribution in [-0.2, 0) is 26.5 Å². The zero-order valence-electron chi connectivity index (χ0n) is 43.1. The van der Waals surface area contributed by atoms with Crippen molar-refractivity contribution in [1.82, 2.24) is 4.98 Å². The number of rotatable bonds is 8. The molecule has 0 spiro atoms. The van der Waals surface area contributed by atoms with Crippen LogP contribution in [0.4, 0.5) is 0 Å². The summed E-state index contributed by atoms with van der Waals surface area (Å²) in [6.07, 6.45) is 11.9.